The first-order valence-corrected chi connectivity index (χ1v) is 7.68. The summed E-state index contributed by atoms with van der Waals surface area (Å²) < 4.78 is 1.92. The highest BCUT2D eigenvalue weighted by molar-refractivity contribution is 7.99. The number of hydrogen-bond donors (Lipinski definition) is 2. The molecular weight excluding hydrogens is 286 g/mol. The molecule has 2 aromatic rings. The van der Waals surface area contributed by atoms with Crippen LogP contribution >= 0.6 is 11.8 Å². The van der Waals surface area contributed by atoms with Crippen LogP contribution in [0.1, 0.15) is 11.4 Å². The van der Waals surface area contributed by atoms with E-state index in [-0.39, 0.29) is 11.7 Å². The van der Waals surface area contributed by atoms with Crippen molar-refractivity contribution in [2.75, 3.05) is 17.6 Å². The molecule has 0 fully saturated rings. The van der Waals surface area contributed by atoms with Crippen molar-refractivity contribution < 1.29 is 4.79 Å². The predicted molar refractivity (Wildman–Crippen MR) is 84.3 cm³/mol. The van der Waals surface area contributed by atoms with Crippen LogP contribution in [0.15, 0.2) is 29.4 Å². The van der Waals surface area contributed by atoms with Crippen LogP contribution in [0.5, 0.6) is 0 Å². The van der Waals surface area contributed by atoms with E-state index in [0.29, 0.717) is 13.1 Å². The molecule has 1 heterocycles. The lowest BCUT2D eigenvalue weighted by atomic mass is 10.2. The summed E-state index contributed by atoms with van der Waals surface area (Å²) in [5.74, 6) is 1.04. The maximum atomic E-state index is 12.0. The number of thioether (sulfide) groups is 1. The number of para-hydroxylation sites is 1. The van der Waals surface area contributed by atoms with Crippen LogP contribution in [0.25, 0.3) is 0 Å². The zero-order chi connectivity index (χ0) is 15.2. The number of nitrogens with zero attached hydrogens (tertiary/aromatic N) is 3. The lowest BCUT2D eigenvalue weighted by molar-refractivity contribution is -0.113. The van der Waals surface area contributed by atoms with Gasteiger partial charge in [0, 0.05) is 18.8 Å². The number of rotatable bonds is 6. The molecular formula is C14H19N5OS. The highest BCUT2D eigenvalue weighted by atomic mass is 32.2. The Hall–Kier alpha value is -1.86. The second-order valence-electron chi connectivity index (χ2n) is 4.62. The number of benzene rings is 1. The van der Waals surface area contributed by atoms with Crippen LogP contribution in [0.3, 0.4) is 0 Å². The molecule has 2 rings (SSSR count). The van der Waals surface area contributed by atoms with Crippen molar-refractivity contribution in [2.24, 2.45) is 5.73 Å². The maximum Gasteiger partial charge on any atom is 0.234 e. The minimum Gasteiger partial charge on any atom is -0.329 e. The maximum absolute atomic E-state index is 12.0. The third-order valence-corrected chi connectivity index (χ3v) is 3.97. The van der Waals surface area contributed by atoms with Gasteiger partial charge in [0.15, 0.2) is 5.16 Å². The SMILES string of the molecule is Cc1ccccc1NC(=O)CSc1nnc(C)n1CCN. The molecule has 0 radical (unpaired) electrons. The van der Waals surface area contributed by atoms with E-state index >= 15 is 0 Å². The van der Waals surface area contributed by atoms with Crippen LogP contribution in [0.4, 0.5) is 5.69 Å². The van der Waals surface area contributed by atoms with Crippen molar-refractivity contribution in [3.8, 4) is 0 Å². The van der Waals surface area contributed by atoms with Crippen molar-refractivity contribution in [2.45, 2.75) is 25.5 Å². The number of nitrogens with one attached hydrogen (secondary N) is 1. The number of anilines is 1. The second kappa shape index (κ2) is 7.24. The minimum absolute atomic E-state index is 0.0609. The fraction of sp³-hybridized carbons (Fsp3) is 0.357. The first-order chi connectivity index (χ1) is 10.1. The Balaban J connectivity index is 1.94. The van der Waals surface area contributed by atoms with Crippen molar-refractivity contribution >= 4 is 23.4 Å². The molecule has 1 aromatic carbocycles. The molecule has 112 valence electrons. The first kappa shape index (κ1) is 15.5. The Labute approximate surface area is 128 Å². The number of aromatic nitrogens is 3. The molecule has 1 aromatic heterocycles. The molecule has 0 aliphatic carbocycles. The number of hydrogen-bond acceptors (Lipinski definition) is 5. The normalized spacial score (nSPS) is 10.6. The molecule has 7 heteroatoms. The van der Waals surface area contributed by atoms with Gasteiger partial charge in [-0.3, -0.25) is 4.79 Å². The summed E-state index contributed by atoms with van der Waals surface area (Å²) >= 11 is 1.36. The number of amides is 1. The summed E-state index contributed by atoms with van der Waals surface area (Å²) in [7, 11) is 0. The van der Waals surface area contributed by atoms with E-state index in [0.717, 1.165) is 22.2 Å². The monoisotopic (exact) mass is 305 g/mol. The number of aryl methyl sites for hydroxylation is 2. The lowest BCUT2D eigenvalue weighted by Crippen LogP contribution is -2.16. The van der Waals surface area contributed by atoms with E-state index in [4.69, 9.17) is 5.73 Å². The third-order valence-electron chi connectivity index (χ3n) is 3.01. The highest BCUT2D eigenvalue weighted by Crippen LogP contribution is 2.18. The van der Waals surface area contributed by atoms with Crippen LogP contribution in [0.2, 0.25) is 0 Å². The Kier molecular flexibility index (Phi) is 5.35. The summed E-state index contributed by atoms with van der Waals surface area (Å²) in [5.41, 5.74) is 7.44. The topological polar surface area (TPSA) is 85.8 Å². The van der Waals surface area contributed by atoms with Crippen molar-refractivity contribution in [1.29, 1.82) is 0 Å². The van der Waals surface area contributed by atoms with Gasteiger partial charge in [-0.05, 0) is 25.5 Å². The van der Waals surface area contributed by atoms with Crippen molar-refractivity contribution in [1.82, 2.24) is 14.8 Å². The summed E-state index contributed by atoms with van der Waals surface area (Å²) in [6, 6.07) is 7.69. The lowest BCUT2D eigenvalue weighted by Gasteiger charge is -2.08. The highest BCUT2D eigenvalue weighted by Gasteiger charge is 2.11. The van der Waals surface area contributed by atoms with Gasteiger partial charge in [0.25, 0.3) is 0 Å². The van der Waals surface area contributed by atoms with E-state index < -0.39 is 0 Å². The van der Waals surface area contributed by atoms with Gasteiger partial charge in [-0.2, -0.15) is 0 Å². The van der Waals surface area contributed by atoms with E-state index in [1.165, 1.54) is 11.8 Å². The molecule has 0 aliphatic rings. The molecule has 0 spiro atoms. The van der Waals surface area contributed by atoms with Crippen molar-refractivity contribution in [3.63, 3.8) is 0 Å². The Morgan fingerprint density at radius 3 is 2.81 bits per heavy atom. The number of carbonyl (C=O) groups excluding carboxylic acids is 1. The van der Waals surface area contributed by atoms with Gasteiger partial charge in [0.2, 0.25) is 5.91 Å². The van der Waals surface area contributed by atoms with Gasteiger partial charge in [-0.1, -0.05) is 30.0 Å². The van der Waals surface area contributed by atoms with Crippen LogP contribution in [-0.2, 0) is 11.3 Å². The fourth-order valence-corrected chi connectivity index (χ4v) is 2.69. The van der Waals surface area contributed by atoms with E-state index in [1.54, 1.807) is 0 Å². The standard InChI is InChI=1S/C14H19N5OS/c1-10-5-3-4-6-12(10)16-13(20)9-21-14-18-17-11(2)19(14)8-7-15/h3-6H,7-9,15H2,1-2H3,(H,16,20). The molecule has 0 aliphatic heterocycles. The predicted octanol–water partition coefficient (Wildman–Crippen LogP) is 1.58. The summed E-state index contributed by atoms with van der Waals surface area (Å²) in [5, 5.41) is 11.7. The van der Waals surface area contributed by atoms with Gasteiger partial charge in [0.05, 0.1) is 5.75 Å². The average Bonchev–Trinajstić information content (AvgIpc) is 2.81. The van der Waals surface area contributed by atoms with E-state index in [9.17, 15) is 4.79 Å². The molecule has 0 bridgehead atoms. The van der Waals surface area contributed by atoms with Crippen LogP contribution < -0.4 is 11.1 Å². The van der Waals surface area contributed by atoms with Crippen LogP contribution in [0, 0.1) is 13.8 Å². The summed E-state index contributed by atoms with van der Waals surface area (Å²) in [6.45, 7) is 5.01. The zero-order valence-corrected chi connectivity index (χ0v) is 13.0. The minimum atomic E-state index is -0.0609. The molecule has 6 nitrogen and oxygen atoms in total. The first-order valence-electron chi connectivity index (χ1n) is 6.70. The van der Waals surface area contributed by atoms with Crippen LogP contribution in [-0.4, -0.2) is 33.0 Å². The Morgan fingerprint density at radius 1 is 1.33 bits per heavy atom. The number of carbonyl (C=O) groups is 1. The molecule has 1 amide bonds. The van der Waals surface area contributed by atoms with Gasteiger partial charge in [-0.15, -0.1) is 10.2 Å². The van der Waals surface area contributed by atoms with Crippen molar-refractivity contribution in [3.05, 3.63) is 35.7 Å². The summed E-state index contributed by atoms with van der Waals surface area (Å²) in [6.07, 6.45) is 0. The van der Waals surface area contributed by atoms with Gasteiger partial charge < -0.3 is 15.6 Å². The van der Waals surface area contributed by atoms with Gasteiger partial charge in [-0.25, -0.2) is 0 Å². The average molecular weight is 305 g/mol. The molecule has 0 atom stereocenters. The van der Waals surface area contributed by atoms with E-state index in [1.807, 2.05) is 42.7 Å². The molecule has 21 heavy (non-hydrogen) atoms. The smallest absolute Gasteiger partial charge is 0.234 e. The van der Waals surface area contributed by atoms with Gasteiger partial charge >= 0.3 is 0 Å². The molecule has 3 N–H and O–H groups in total. The van der Waals surface area contributed by atoms with E-state index in [2.05, 4.69) is 15.5 Å². The number of nitrogens with two attached hydrogens (primary N) is 1. The molecule has 0 saturated carbocycles. The Bertz CT molecular complexity index is 626. The van der Waals surface area contributed by atoms with Gasteiger partial charge in [0.1, 0.15) is 5.82 Å². The summed E-state index contributed by atoms with van der Waals surface area (Å²) in [4.78, 5) is 12.0. The third kappa shape index (κ3) is 4.05. The Morgan fingerprint density at radius 2 is 2.10 bits per heavy atom. The quantitative estimate of drug-likeness (QED) is 0.791. The zero-order valence-electron chi connectivity index (χ0n) is 12.2. The fourth-order valence-electron chi connectivity index (χ4n) is 1.88. The molecule has 0 unspecified atom stereocenters. The largest absolute Gasteiger partial charge is 0.329 e. The molecule has 0 saturated heterocycles. The second-order valence-corrected chi connectivity index (χ2v) is 5.56.